The summed E-state index contributed by atoms with van der Waals surface area (Å²) in [6.07, 6.45) is 0. The molecule has 4 nitrogen and oxygen atoms in total. The minimum Gasteiger partial charge on any atom is -0.495 e. The standard InChI is InChI=1S/C18H22N2O2/c1-18(2,3)13-10-14(12-8-6-5-7-9-12)16(22-4)15(11-13)17(19)20-21/h5-11,21H,1-4H3,(H2,19,20). The van der Waals surface area contributed by atoms with E-state index in [1.54, 1.807) is 7.11 Å². The maximum absolute atomic E-state index is 9.07. The fourth-order valence-corrected chi connectivity index (χ4v) is 2.36. The van der Waals surface area contributed by atoms with Crippen LogP contribution in [0.1, 0.15) is 31.9 Å². The van der Waals surface area contributed by atoms with Gasteiger partial charge in [0.2, 0.25) is 0 Å². The molecule has 0 bridgehead atoms. The van der Waals surface area contributed by atoms with Crippen molar-refractivity contribution < 1.29 is 9.94 Å². The Balaban J connectivity index is 2.81. The zero-order chi connectivity index (χ0) is 16.3. The van der Waals surface area contributed by atoms with E-state index in [0.29, 0.717) is 11.3 Å². The summed E-state index contributed by atoms with van der Waals surface area (Å²) in [5, 5.41) is 12.2. The minimum absolute atomic E-state index is 0.0418. The van der Waals surface area contributed by atoms with Crippen LogP contribution in [0.5, 0.6) is 5.75 Å². The van der Waals surface area contributed by atoms with E-state index in [1.807, 2.05) is 36.4 Å². The molecule has 0 aliphatic carbocycles. The second-order valence-corrected chi connectivity index (χ2v) is 6.21. The molecule has 0 aliphatic heterocycles. The average Bonchev–Trinajstić information content (AvgIpc) is 2.52. The molecule has 0 fully saturated rings. The van der Waals surface area contributed by atoms with Crippen molar-refractivity contribution in [3.8, 4) is 16.9 Å². The Bertz CT molecular complexity index is 686. The highest BCUT2D eigenvalue weighted by Crippen LogP contribution is 2.37. The Morgan fingerprint density at radius 3 is 2.27 bits per heavy atom. The first-order chi connectivity index (χ1) is 10.4. The van der Waals surface area contributed by atoms with Crippen molar-refractivity contribution in [1.82, 2.24) is 0 Å². The number of hydrogen-bond donors (Lipinski definition) is 2. The SMILES string of the molecule is COc1c(/C(N)=N/O)cc(C(C)(C)C)cc1-c1ccccc1. The highest BCUT2D eigenvalue weighted by atomic mass is 16.5. The third kappa shape index (κ3) is 3.06. The van der Waals surface area contributed by atoms with Crippen molar-refractivity contribution >= 4 is 5.84 Å². The van der Waals surface area contributed by atoms with E-state index in [9.17, 15) is 0 Å². The first-order valence-electron chi connectivity index (χ1n) is 7.14. The lowest BCUT2D eigenvalue weighted by Crippen LogP contribution is -2.18. The number of ether oxygens (including phenoxy) is 1. The molecule has 4 heteroatoms. The topological polar surface area (TPSA) is 67.8 Å². The summed E-state index contributed by atoms with van der Waals surface area (Å²) in [7, 11) is 1.59. The van der Waals surface area contributed by atoms with Crippen LogP contribution in [0, 0.1) is 0 Å². The molecule has 0 radical (unpaired) electrons. The second-order valence-electron chi connectivity index (χ2n) is 6.21. The van der Waals surface area contributed by atoms with E-state index in [4.69, 9.17) is 15.7 Å². The van der Waals surface area contributed by atoms with Crippen LogP contribution in [0.15, 0.2) is 47.6 Å². The van der Waals surface area contributed by atoms with Gasteiger partial charge in [-0.05, 0) is 28.7 Å². The molecule has 0 unspecified atom stereocenters. The molecule has 2 aromatic carbocycles. The Morgan fingerprint density at radius 2 is 1.77 bits per heavy atom. The number of benzene rings is 2. The van der Waals surface area contributed by atoms with Crippen LogP contribution in [0.4, 0.5) is 0 Å². The van der Waals surface area contributed by atoms with Crippen molar-refractivity contribution in [2.24, 2.45) is 10.9 Å². The first kappa shape index (κ1) is 15.9. The van der Waals surface area contributed by atoms with Gasteiger partial charge >= 0.3 is 0 Å². The summed E-state index contributed by atoms with van der Waals surface area (Å²) in [5.74, 6) is 0.648. The number of nitrogens with zero attached hydrogens (tertiary/aromatic N) is 1. The van der Waals surface area contributed by atoms with E-state index in [-0.39, 0.29) is 11.3 Å². The minimum atomic E-state index is -0.0692. The fraction of sp³-hybridized carbons (Fsp3) is 0.278. The molecule has 0 aromatic heterocycles. The van der Waals surface area contributed by atoms with E-state index < -0.39 is 0 Å². The molecule has 0 heterocycles. The quantitative estimate of drug-likeness (QED) is 0.392. The summed E-state index contributed by atoms with van der Waals surface area (Å²) in [4.78, 5) is 0. The lowest BCUT2D eigenvalue weighted by atomic mass is 9.83. The molecular weight excluding hydrogens is 276 g/mol. The van der Waals surface area contributed by atoms with Crippen LogP contribution in [0.3, 0.4) is 0 Å². The number of oxime groups is 1. The lowest BCUT2D eigenvalue weighted by molar-refractivity contribution is 0.318. The largest absolute Gasteiger partial charge is 0.495 e. The van der Waals surface area contributed by atoms with Gasteiger partial charge in [-0.25, -0.2) is 0 Å². The van der Waals surface area contributed by atoms with Crippen LogP contribution in [-0.2, 0) is 5.41 Å². The predicted molar refractivity (Wildman–Crippen MR) is 89.6 cm³/mol. The van der Waals surface area contributed by atoms with Gasteiger partial charge in [-0.2, -0.15) is 0 Å². The van der Waals surface area contributed by atoms with Crippen LogP contribution in [-0.4, -0.2) is 18.2 Å². The molecule has 0 saturated heterocycles. The summed E-state index contributed by atoms with van der Waals surface area (Å²) < 4.78 is 5.55. The summed E-state index contributed by atoms with van der Waals surface area (Å²) >= 11 is 0. The molecule has 22 heavy (non-hydrogen) atoms. The normalized spacial score (nSPS) is 12.3. The zero-order valence-electron chi connectivity index (χ0n) is 13.4. The van der Waals surface area contributed by atoms with Crippen LogP contribution < -0.4 is 10.5 Å². The van der Waals surface area contributed by atoms with Gasteiger partial charge in [0.15, 0.2) is 5.84 Å². The molecule has 116 valence electrons. The molecule has 2 rings (SSSR count). The van der Waals surface area contributed by atoms with Crippen molar-refractivity contribution in [3.63, 3.8) is 0 Å². The number of amidine groups is 1. The molecule has 2 aromatic rings. The maximum Gasteiger partial charge on any atom is 0.173 e. The number of nitrogens with two attached hydrogens (primary N) is 1. The third-order valence-electron chi connectivity index (χ3n) is 3.63. The number of hydrogen-bond acceptors (Lipinski definition) is 3. The molecule has 0 atom stereocenters. The van der Waals surface area contributed by atoms with Crippen molar-refractivity contribution in [2.45, 2.75) is 26.2 Å². The Hall–Kier alpha value is -2.49. The van der Waals surface area contributed by atoms with Gasteiger partial charge in [0, 0.05) is 5.56 Å². The highest BCUT2D eigenvalue weighted by Gasteiger charge is 2.21. The lowest BCUT2D eigenvalue weighted by Gasteiger charge is -2.23. The van der Waals surface area contributed by atoms with E-state index in [2.05, 4.69) is 32.0 Å². The van der Waals surface area contributed by atoms with E-state index >= 15 is 0 Å². The Labute approximate surface area is 131 Å². The van der Waals surface area contributed by atoms with Crippen LogP contribution >= 0.6 is 0 Å². The van der Waals surface area contributed by atoms with E-state index in [0.717, 1.165) is 16.7 Å². The van der Waals surface area contributed by atoms with Gasteiger partial charge in [0.05, 0.1) is 12.7 Å². The molecule has 0 aliphatic rings. The summed E-state index contributed by atoms with van der Waals surface area (Å²) in [5.41, 5.74) is 9.42. The summed E-state index contributed by atoms with van der Waals surface area (Å²) in [6.45, 7) is 6.37. The van der Waals surface area contributed by atoms with Crippen LogP contribution in [0.25, 0.3) is 11.1 Å². The van der Waals surface area contributed by atoms with Gasteiger partial charge in [-0.15, -0.1) is 0 Å². The van der Waals surface area contributed by atoms with Gasteiger partial charge in [-0.1, -0.05) is 56.3 Å². The molecular formula is C18H22N2O2. The predicted octanol–water partition coefficient (Wildman–Crippen LogP) is 3.75. The molecule has 3 N–H and O–H groups in total. The van der Waals surface area contributed by atoms with Gasteiger partial charge in [0.1, 0.15) is 5.75 Å². The van der Waals surface area contributed by atoms with Crippen molar-refractivity contribution in [3.05, 3.63) is 53.6 Å². The van der Waals surface area contributed by atoms with Gasteiger partial charge in [-0.3, -0.25) is 0 Å². The van der Waals surface area contributed by atoms with Crippen molar-refractivity contribution in [2.75, 3.05) is 7.11 Å². The Morgan fingerprint density at radius 1 is 1.14 bits per heavy atom. The zero-order valence-corrected chi connectivity index (χ0v) is 13.4. The monoisotopic (exact) mass is 298 g/mol. The maximum atomic E-state index is 9.07. The first-order valence-corrected chi connectivity index (χ1v) is 7.14. The number of methoxy groups -OCH3 is 1. The fourth-order valence-electron chi connectivity index (χ4n) is 2.36. The second kappa shape index (κ2) is 6.10. The smallest absolute Gasteiger partial charge is 0.173 e. The molecule has 0 saturated carbocycles. The Kier molecular flexibility index (Phi) is 4.40. The van der Waals surface area contributed by atoms with Crippen molar-refractivity contribution in [1.29, 1.82) is 0 Å². The average molecular weight is 298 g/mol. The number of rotatable bonds is 3. The van der Waals surface area contributed by atoms with Gasteiger partial charge in [0.25, 0.3) is 0 Å². The van der Waals surface area contributed by atoms with Crippen LogP contribution in [0.2, 0.25) is 0 Å². The highest BCUT2D eigenvalue weighted by molar-refractivity contribution is 6.02. The molecule has 0 amide bonds. The third-order valence-corrected chi connectivity index (χ3v) is 3.63. The van der Waals surface area contributed by atoms with E-state index in [1.165, 1.54) is 0 Å². The molecule has 0 spiro atoms. The van der Waals surface area contributed by atoms with Gasteiger partial charge < -0.3 is 15.7 Å². The summed E-state index contributed by atoms with van der Waals surface area (Å²) in [6, 6.07) is 14.0.